The van der Waals surface area contributed by atoms with E-state index in [1.54, 1.807) is 0 Å². The SMILES string of the molecule is C[C@@H](C=O)C1=CCC(C)(C)CC1. The van der Waals surface area contributed by atoms with Gasteiger partial charge in [-0.1, -0.05) is 32.4 Å². The van der Waals surface area contributed by atoms with E-state index in [-0.39, 0.29) is 5.92 Å². The van der Waals surface area contributed by atoms with Gasteiger partial charge >= 0.3 is 0 Å². The van der Waals surface area contributed by atoms with Crippen LogP contribution in [0.5, 0.6) is 0 Å². The van der Waals surface area contributed by atoms with Crippen LogP contribution in [0.3, 0.4) is 0 Å². The third kappa shape index (κ3) is 2.20. The van der Waals surface area contributed by atoms with Crippen LogP contribution in [0.1, 0.15) is 40.0 Å². The van der Waals surface area contributed by atoms with Crippen molar-refractivity contribution in [3.8, 4) is 0 Å². The maximum atomic E-state index is 10.5. The van der Waals surface area contributed by atoms with Crippen LogP contribution < -0.4 is 0 Å². The van der Waals surface area contributed by atoms with E-state index in [0.717, 1.165) is 19.1 Å². The van der Waals surface area contributed by atoms with Crippen LogP contribution in [0.2, 0.25) is 0 Å². The lowest BCUT2D eigenvalue weighted by Gasteiger charge is -2.29. The molecule has 0 unspecified atom stereocenters. The number of hydrogen-bond acceptors (Lipinski definition) is 1. The van der Waals surface area contributed by atoms with Gasteiger partial charge in [0.15, 0.2) is 0 Å². The molecule has 1 aliphatic rings. The summed E-state index contributed by atoms with van der Waals surface area (Å²) in [7, 11) is 0. The zero-order valence-corrected chi connectivity index (χ0v) is 8.26. The summed E-state index contributed by atoms with van der Waals surface area (Å²) in [4.78, 5) is 10.5. The molecular weight excluding hydrogens is 148 g/mol. The third-order valence-electron chi connectivity index (χ3n) is 2.80. The summed E-state index contributed by atoms with van der Waals surface area (Å²) < 4.78 is 0. The van der Waals surface area contributed by atoms with Crippen LogP contribution in [0.25, 0.3) is 0 Å². The van der Waals surface area contributed by atoms with Gasteiger partial charge in [0.05, 0.1) is 0 Å². The van der Waals surface area contributed by atoms with Crippen molar-refractivity contribution in [2.75, 3.05) is 0 Å². The van der Waals surface area contributed by atoms with E-state index in [9.17, 15) is 4.79 Å². The maximum Gasteiger partial charge on any atom is 0.126 e. The largest absolute Gasteiger partial charge is 0.303 e. The monoisotopic (exact) mass is 166 g/mol. The number of carbonyl (C=O) groups excluding carboxylic acids is 1. The summed E-state index contributed by atoms with van der Waals surface area (Å²) in [6.45, 7) is 6.55. The van der Waals surface area contributed by atoms with E-state index < -0.39 is 0 Å². The van der Waals surface area contributed by atoms with E-state index in [4.69, 9.17) is 0 Å². The number of carbonyl (C=O) groups is 1. The quantitative estimate of drug-likeness (QED) is 0.455. The highest BCUT2D eigenvalue weighted by Gasteiger charge is 2.22. The van der Waals surface area contributed by atoms with Crippen molar-refractivity contribution in [1.82, 2.24) is 0 Å². The van der Waals surface area contributed by atoms with Gasteiger partial charge in [-0.3, -0.25) is 0 Å². The van der Waals surface area contributed by atoms with E-state index in [1.807, 2.05) is 6.92 Å². The molecule has 0 aromatic carbocycles. The number of aldehydes is 1. The summed E-state index contributed by atoms with van der Waals surface area (Å²) in [5.41, 5.74) is 1.79. The fourth-order valence-electron chi connectivity index (χ4n) is 1.60. The molecule has 1 nitrogen and oxygen atoms in total. The minimum Gasteiger partial charge on any atom is -0.303 e. The molecule has 0 fully saturated rings. The predicted octanol–water partition coefficient (Wildman–Crippen LogP) is 2.96. The summed E-state index contributed by atoms with van der Waals surface area (Å²) in [6, 6.07) is 0. The first-order chi connectivity index (χ1) is 5.55. The first kappa shape index (κ1) is 9.50. The van der Waals surface area contributed by atoms with Crippen LogP contribution in [0, 0.1) is 11.3 Å². The second kappa shape index (κ2) is 3.42. The summed E-state index contributed by atoms with van der Waals surface area (Å²) in [6.07, 6.45) is 6.75. The van der Waals surface area contributed by atoms with Gasteiger partial charge in [0.2, 0.25) is 0 Å². The van der Waals surface area contributed by atoms with E-state index in [1.165, 1.54) is 12.0 Å². The molecular formula is C11H18O. The summed E-state index contributed by atoms with van der Waals surface area (Å²) in [5, 5.41) is 0. The molecule has 0 radical (unpaired) electrons. The smallest absolute Gasteiger partial charge is 0.126 e. The van der Waals surface area contributed by atoms with Crippen molar-refractivity contribution in [2.45, 2.75) is 40.0 Å². The fraction of sp³-hybridized carbons (Fsp3) is 0.727. The Bertz CT molecular complexity index is 201. The van der Waals surface area contributed by atoms with Crippen molar-refractivity contribution < 1.29 is 4.79 Å². The minimum atomic E-state index is 0.140. The van der Waals surface area contributed by atoms with Gasteiger partial charge in [0.1, 0.15) is 6.29 Å². The van der Waals surface area contributed by atoms with Gasteiger partial charge in [0, 0.05) is 5.92 Å². The Balaban J connectivity index is 2.61. The molecule has 68 valence electrons. The van der Waals surface area contributed by atoms with Gasteiger partial charge in [-0.25, -0.2) is 0 Å². The van der Waals surface area contributed by atoms with E-state index in [0.29, 0.717) is 5.41 Å². The van der Waals surface area contributed by atoms with Crippen molar-refractivity contribution in [3.05, 3.63) is 11.6 Å². The average molecular weight is 166 g/mol. The van der Waals surface area contributed by atoms with Crippen molar-refractivity contribution >= 4 is 6.29 Å². The molecule has 12 heavy (non-hydrogen) atoms. The molecule has 0 saturated carbocycles. The van der Waals surface area contributed by atoms with Crippen LogP contribution in [-0.4, -0.2) is 6.29 Å². The van der Waals surface area contributed by atoms with Crippen molar-refractivity contribution in [1.29, 1.82) is 0 Å². The standard InChI is InChI=1S/C11H18O/c1-9(8-12)10-4-6-11(2,3)7-5-10/h4,8-9H,5-7H2,1-3H3/t9-/m0/s1. The molecule has 0 N–H and O–H groups in total. The molecule has 0 bridgehead atoms. The second-order valence-electron chi connectivity index (χ2n) is 4.57. The highest BCUT2D eigenvalue weighted by molar-refractivity contribution is 5.58. The topological polar surface area (TPSA) is 17.1 Å². The molecule has 1 heteroatoms. The van der Waals surface area contributed by atoms with Crippen molar-refractivity contribution in [2.24, 2.45) is 11.3 Å². The predicted molar refractivity (Wildman–Crippen MR) is 50.9 cm³/mol. The maximum absolute atomic E-state index is 10.5. The number of allylic oxidation sites excluding steroid dienone is 2. The molecule has 0 saturated heterocycles. The third-order valence-corrected chi connectivity index (χ3v) is 2.80. The van der Waals surface area contributed by atoms with Crippen LogP contribution in [0.15, 0.2) is 11.6 Å². The summed E-state index contributed by atoms with van der Waals surface area (Å²) >= 11 is 0. The lowest BCUT2D eigenvalue weighted by atomic mass is 9.76. The first-order valence-corrected chi connectivity index (χ1v) is 4.69. The lowest BCUT2D eigenvalue weighted by molar-refractivity contribution is -0.109. The Kier molecular flexibility index (Phi) is 2.71. The molecule has 0 heterocycles. The highest BCUT2D eigenvalue weighted by atomic mass is 16.1. The van der Waals surface area contributed by atoms with Gasteiger partial charge in [-0.2, -0.15) is 0 Å². The number of hydrogen-bond donors (Lipinski definition) is 0. The molecule has 1 aliphatic carbocycles. The van der Waals surface area contributed by atoms with Gasteiger partial charge in [-0.15, -0.1) is 0 Å². The first-order valence-electron chi connectivity index (χ1n) is 4.69. The van der Waals surface area contributed by atoms with Crippen LogP contribution >= 0.6 is 0 Å². The van der Waals surface area contributed by atoms with Crippen LogP contribution in [-0.2, 0) is 4.79 Å². The normalized spacial score (nSPS) is 24.4. The van der Waals surface area contributed by atoms with E-state index in [2.05, 4.69) is 19.9 Å². The molecule has 0 aromatic heterocycles. The second-order valence-corrected chi connectivity index (χ2v) is 4.57. The number of rotatable bonds is 2. The Morgan fingerprint density at radius 3 is 2.67 bits per heavy atom. The van der Waals surface area contributed by atoms with Gasteiger partial charge in [-0.05, 0) is 24.7 Å². The summed E-state index contributed by atoms with van der Waals surface area (Å²) in [5.74, 6) is 0.140. The molecule has 1 rings (SSSR count). The molecule has 0 spiro atoms. The zero-order valence-electron chi connectivity index (χ0n) is 8.26. The average Bonchev–Trinajstić information content (AvgIpc) is 2.03. The fourth-order valence-corrected chi connectivity index (χ4v) is 1.60. The Hall–Kier alpha value is -0.590. The molecule has 0 aromatic rings. The molecule has 0 amide bonds. The Labute approximate surface area is 74.9 Å². The van der Waals surface area contributed by atoms with E-state index >= 15 is 0 Å². The molecule has 1 atom stereocenters. The van der Waals surface area contributed by atoms with Gasteiger partial charge in [0.25, 0.3) is 0 Å². The Morgan fingerprint density at radius 1 is 1.58 bits per heavy atom. The minimum absolute atomic E-state index is 0.140. The molecule has 0 aliphatic heterocycles. The van der Waals surface area contributed by atoms with Gasteiger partial charge < -0.3 is 4.79 Å². The van der Waals surface area contributed by atoms with Crippen molar-refractivity contribution in [3.63, 3.8) is 0 Å². The Morgan fingerprint density at radius 2 is 2.25 bits per heavy atom. The zero-order chi connectivity index (χ0) is 9.19. The highest BCUT2D eigenvalue weighted by Crippen LogP contribution is 2.35. The van der Waals surface area contributed by atoms with Crippen LogP contribution in [0.4, 0.5) is 0 Å². The lowest BCUT2D eigenvalue weighted by Crippen LogP contribution is -2.17.